The molecule has 1 heterocycles. The Hall–Kier alpha value is -2.11. The van der Waals surface area contributed by atoms with Crippen LogP contribution >= 0.6 is 0 Å². The lowest BCUT2D eigenvalue weighted by atomic mass is 9.96. The molecule has 1 aromatic rings. The molecule has 0 amide bonds. The van der Waals surface area contributed by atoms with Crippen LogP contribution < -0.4 is 5.32 Å². The number of likely N-dealkylation sites (tertiary alicyclic amines) is 1. The molecule has 1 saturated carbocycles. The summed E-state index contributed by atoms with van der Waals surface area (Å²) in [7, 11) is 0. The zero-order valence-electron chi connectivity index (χ0n) is 16.3. The fourth-order valence-electron chi connectivity index (χ4n) is 3.75. The van der Waals surface area contributed by atoms with Crippen molar-refractivity contribution in [3.8, 4) is 0 Å². The molecule has 0 atom stereocenters. The second kappa shape index (κ2) is 8.72. The number of guanidine groups is 1. The van der Waals surface area contributed by atoms with Crippen LogP contribution in [0.1, 0.15) is 45.1 Å². The molecule has 2 aliphatic rings. The highest BCUT2D eigenvalue weighted by atomic mass is 19.1. The van der Waals surface area contributed by atoms with Gasteiger partial charge in [0.2, 0.25) is 0 Å². The Morgan fingerprint density at radius 1 is 1.33 bits per heavy atom. The highest BCUT2D eigenvalue weighted by Gasteiger charge is 2.44. The molecule has 27 heavy (non-hydrogen) atoms. The van der Waals surface area contributed by atoms with Gasteiger partial charge in [0.1, 0.15) is 5.82 Å². The minimum absolute atomic E-state index is 0.00820. The Bertz CT molecular complexity index is 680. The largest absolute Gasteiger partial charge is 0.466 e. The summed E-state index contributed by atoms with van der Waals surface area (Å²) in [5.74, 6) is 0.617. The van der Waals surface area contributed by atoms with Crippen LogP contribution in [0.15, 0.2) is 29.3 Å². The summed E-state index contributed by atoms with van der Waals surface area (Å²) in [4.78, 5) is 19.0. The number of aliphatic imine (C=N–C) groups is 1. The predicted octanol–water partition coefficient (Wildman–Crippen LogP) is 3.10. The molecular formula is C21H30FN3O2. The van der Waals surface area contributed by atoms with Crippen LogP contribution in [0.25, 0.3) is 0 Å². The maximum absolute atomic E-state index is 13.6. The molecular weight excluding hydrogens is 345 g/mol. The van der Waals surface area contributed by atoms with E-state index < -0.39 is 0 Å². The van der Waals surface area contributed by atoms with Gasteiger partial charge in [-0.05, 0) is 57.2 Å². The van der Waals surface area contributed by atoms with Crippen molar-refractivity contribution in [3.05, 3.63) is 35.6 Å². The van der Waals surface area contributed by atoms with E-state index in [1.807, 2.05) is 13.0 Å². The van der Waals surface area contributed by atoms with Crippen LogP contribution in [0.2, 0.25) is 0 Å². The fraction of sp³-hybridized carbons (Fsp3) is 0.619. The number of carbonyl (C=O) groups excluding carboxylic acids is 1. The molecule has 1 aromatic carbocycles. The number of hydrogen-bond acceptors (Lipinski definition) is 3. The van der Waals surface area contributed by atoms with Crippen LogP contribution in [-0.2, 0) is 14.9 Å². The number of nitrogens with zero attached hydrogens (tertiary/aromatic N) is 2. The van der Waals surface area contributed by atoms with Crippen molar-refractivity contribution in [1.82, 2.24) is 10.2 Å². The Morgan fingerprint density at radius 2 is 2.07 bits per heavy atom. The van der Waals surface area contributed by atoms with Crippen molar-refractivity contribution in [2.75, 3.05) is 32.8 Å². The van der Waals surface area contributed by atoms with Gasteiger partial charge in [0.05, 0.1) is 19.1 Å². The number of ether oxygens (including phenoxy) is 1. The molecule has 0 aromatic heterocycles. The summed E-state index contributed by atoms with van der Waals surface area (Å²) in [6.45, 7) is 7.38. The van der Waals surface area contributed by atoms with Gasteiger partial charge in [-0.3, -0.25) is 9.79 Å². The highest BCUT2D eigenvalue weighted by Crippen LogP contribution is 2.48. The molecule has 1 N–H and O–H groups in total. The third kappa shape index (κ3) is 4.79. The van der Waals surface area contributed by atoms with Crippen molar-refractivity contribution < 1.29 is 13.9 Å². The van der Waals surface area contributed by atoms with Gasteiger partial charge in [-0.15, -0.1) is 0 Å². The lowest BCUT2D eigenvalue weighted by molar-refractivity contribution is -0.149. The lowest BCUT2D eigenvalue weighted by Gasteiger charge is -2.33. The van der Waals surface area contributed by atoms with Gasteiger partial charge in [0, 0.05) is 25.0 Å². The van der Waals surface area contributed by atoms with E-state index in [-0.39, 0.29) is 23.1 Å². The Kier molecular flexibility index (Phi) is 6.34. The van der Waals surface area contributed by atoms with Crippen LogP contribution in [0.3, 0.4) is 0 Å². The van der Waals surface area contributed by atoms with Crippen LogP contribution in [0.4, 0.5) is 4.39 Å². The quantitative estimate of drug-likeness (QED) is 0.472. The Morgan fingerprint density at radius 3 is 2.67 bits per heavy atom. The maximum Gasteiger partial charge on any atom is 0.309 e. The number of benzene rings is 1. The molecule has 1 saturated heterocycles. The van der Waals surface area contributed by atoms with Crippen molar-refractivity contribution >= 4 is 11.9 Å². The monoisotopic (exact) mass is 375 g/mol. The molecule has 1 aliphatic heterocycles. The number of carbonyl (C=O) groups is 1. The average molecular weight is 375 g/mol. The third-order valence-corrected chi connectivity index (χ3v) is 5.57. The van der Waals surface area contributed by atoms with Gasteiger partial charge >= 0.3 is 5.97 Å². The number of halogens is 1. The Balaban J connectivity index is 1.63. The van der Waals surface area contributed by atoms with Gasteiger partial charge in [0.25, 0.3) is 0 Å². The topological polar surface area (TPSA) is 53.9 Å². The smallest absolute Gasteiger partial charge is 0.309 e. The minimum atomic E-state index is -0.185. The summed E-state index contributed by atoms with van der Waals surface area (Å²) in [5.41, 5.74) is 1.02. The SMILES string of the molecule is CCNC(=NCC1(c2cccc(F)c2)CC1)N1CCC(C(=O)OCC)CC1. The molecule has 6 heteroatoms. The number of hydrogen-bond donors (Lipinski definition) is 1. The highest BCUT2D eigenvalue weighted by molar-refractivity contribution is 5.80. The lowest BCUT2D eigenvalue weighted by Crippen LogP contribution is -2.47. The number of esters is 1. The van der Waals surface area contributed by atoms with Gasteiger partial charge in [-0.25, -0.2) is 4.39 Å². The second-order valence-corrected chi connectivity index (χ2v) is 7.47. The van der Waals surface area contributed by atoms with Gasteiger partial charge < -0.3 is 15.0 Å². The molecule has 148 valence electrons. The van der Waals surface area contributed by atoms with Crippen molar-refractivity contribution in [1.29, 1.82) is 0 Å². The number of nitrogens with one attached hydrogen (secondary N) is 1. The first-order valence-electron chi connectivity index (χ1n) is 10.0. The van der Waals surface area contributed by atoms with Crippen molar-refractivity contribution in [2.24, 2.45) is 10.9 Å². The van der Waals surface area contributed by atoms with E-state index >= 15 is 0 Å². The molecule has 2 fully saturated rings. The van der Waals surface area contributed by atoms with E-state index in [2.05, 4.69) is 17.1 Å². The normalized spacial score (nSPS) is 19.7. The summed E-state index contributed by atoms with van der Waals surface area (Å²) in [5, 5.41) is 3.37. The molecule has 3 rings (SSSR count). The summed E-state index contributed by atoms with van der Waals surface area (Å²) in [6.07, 6.45) is 3.67. The summed E-state index contributed by atoms with van der Waals surface area (Å²) in [6, 6.07) is 6.91. The third-order valence-electron chi connectivity index (χ3n) is 5.57. The molecule has 0 unspecified atom stereocenters. The zero-order chi connectivity index (χ0) is 19.3. The fourth-order valence-corrected chi connectivity index (χ4v) is 3.75. The second-order valence-electron chi connectivity index (χ2n) is 7.47. The first-order valence-corrected chi connectivity index (χ1v) is 10.0. The zero-order valence-corrected chi connectivity index (χ0v) is 16.3. The molecule has 0 radical (unpaired) electrons. The van der Waals surface area contributed by atoms with E-state index in [1.54, 1.807) is 12.1 Å². The maximum atomic E-state index is 13.6. The van der Waals surface area contributed by atoms with E-state index in [4.69, 9.17) is 9.73 Å². The van der Waals surface area contributed by atoms with Gasteiger partial charge in [0.15, 0.2) is 5.96 Å². The van der Waals surface area contributed by atoms with E-state index in [0.29, 0.717) is 13.2 Å². The first kappa shape index (κ1) is 19.6. The molecule has 0 spiro atoms. The first-order chi connectivity index (χ1) is 13.1. The standard InChI is InChI=1S/C21H30FN3O2/c1-3-23-20(25-12-8-16(9-13-25)19(26)27-4-2)24-15-21(10-11-21)17-6-5-7-18(22)14-17/h5-7,14,16H,3-4,8-13,15H2,1-2H3,(H,23,24). The van der Waals surface area contributed by atoms with Crippen LogP contribution in [0.5, 0.6) is 0 Å². The van der Waals surface area contributed by atoms with E-state index in [1.165, 1.54) is 6.07 Å². The predicted molar refractivity (Wildman–Crippen MR) is 104 cm³/mol. The minimum Gasteiger partial charge on any atom is -0.466 e. The van der Waals surface area contributed by atoms with E-state index in [0.717, 1.165) is 56.8 Å². The van der Waals surface area contributed by atoms with Crippen LogP contribution in [0, 0.1) is 11.7 Å². The van der Waals surface area contributed by atoms with Gasteiger partial charge in [-0.2, -0.15) is 0 Å². The summed E-state index contributed by atoms with van der Waals surface area (Å²) >= 11 is 0. The Labute approximate surface area is 161 Å². The number of piperidine rings is 1. The van der Waals surface area contributed by atoms with Crippen LogP contribution in [-0.4, -0.2) is 49.6 Å². The van der Waals surface area contributed by atoms with Gasteiger partial charge in [-0.1, -0.05) is 12.1 Å². The van der Waals surface area contributed by atoms with Crippen molar-refractivity contribution in [2.45, 2.75) is 44.9 Å². The number of rotatable bonds is 6. The van der Waals surface area contributed by atoms with E-state index in [9.17, 15) is 9.18 Å². The molecule has 0 bridgehead atoms. The average Bonchev–Trinajstić information content (AvgIpc) is 3.47. The summed E-state index contributed by atoms with van der Waals surface area (Å²) < 4.78 is 18.7. The molecule has 1 aliphatic carbocycles. The molecule has 5 nitrogen and oxygen atoms in total. The van der Waals surface area contributed by atoms with Crippen molar-refractivity contribution in [3.63, 3.8) is 0 Å².